The highest BCUT2D eigenvalue weighted by atomic mass is 16.4. The highest BCUT2D eigenvalue weighted by Crippen LogP contribution is 2.53. The van der Waals surface area contributed by atoms with Crippen LogP contribution >= 0.6 is 0 Å². The number of likely N-dealkylation sites (tertiary alicyclic amines) is 1. The molecule has 2 aliphatic carbocycles. The van der Waals surface area contributed by atoms with E-state index in [1.54, 1.807) is 0 Å². The van der Waals surface area contributed by atoms with E-state index in [-0.39, 0.29) is 5.92 Å². The first kappa shape index (κ1) is 9.64. The standard InChI is InChI=1S/C12H19NO2/c14-12(15)9-2-1-5-13(7-9)11-4-3-8-6-10(8)11/h8-11H,1-7H2,(H,14,15). The van der Waals surface area contributed by atoms with Gasteiger partial charge in [-0.05, 0) is 50.5 Å². The molecular formula is C12H19NO2. The molecule has 0 amide bonds. The lowest BCUT2D eigenvalue weighted by molar-refractivity contribution is -0.144. The minimum absolute atomic E-state index is 0.100. The molecule has 3 nitrogen and oxygen atoms in total. The van der Waals surface area contributed by atoms with Gasteiger partial charge in [0.15, 0.2) is 0 Å². The maximum atomic E-state index is 11.0. The van der Waals surface area contributed by atoms with Crippen molar-refractivity contribution < 1.29 is 9.90 Å². The molecule has 1 heterocycles. The number of hydrogen-bond acceptors (Lipinski definition) is 2. The summed E-state index contributed by atoms with van der Waals surface area (Å²) in [4.78, 5) is 13.5. The fraction of sp³-hybridized carbons (Fsp3) is 0.917. The van der Waals surface area contributed by atoms with Crippen LogP contribution in [0.25, 0.3) is 0 Å². The first-order valence-electron chi connectivity index (χ1n) is 6.22. The Morgan fingerprint density at radius 1 is 1.27 bits per heavy atom. The molecular weight excluding hydrogens is 190 g/mol. The van der Waals surface area contributed by atoms with Gasteiger partial charge in [-0.15, -0.1) is 0 Å². The average Bonchev–Trinajstić information content (AvgIpc) is 2.90. The zero-order chi connectivity index (χ0) is 10.4. The molecule has 0 aromatic carbocycles. The van der Waals surface area contributed by atoms with Gasteiger partial charge in [0.1, 0.15) is 0 Å². The molecule has 0 radical (unpaired) electrons. The maximum absolute atomic E-state index is 11.0. The lowest BCUT2D eigenvalue weighted by Crippen LogP contribution is -2.44. The molecule has 1 N–H and O–H groups in total. The highest BCUT2D eigenvalue weighted by Gasteiger charge is 2.50. The number of carboxylic acids is 1. The van der Waals surface area contributed by atoms with Crippen molar-refractivity contribution in [3.05, 3.63) is 0 Å². The van der Waals surface area contributed by atoms with Crippen molar-refractivity contribution in [2.45, 2.75) is 38.1 Å². The van der Waals surface area contributed by atoms with E-state index in [1.807, 2.05) is 0 Å². The molecule has 3 fully saturated rings. The zero-order valence-electron chi connectivity index (χ0n) is 9.06. The van der Waals surface area contributed by atoms with Crippen LogP contribution in [0.15, 0.2) is 0 Å². The number of rotatable bonds is 2. The third-order valence-electron chi connectivity index (χ3n) is 4.58. The van der Waals surface area contributed by atoms with Gasteiger partial charge in [-0.2, -0.15) is 0 Å². The van der Waals surface area contributed by atoms with Gasteiger partial charge in [-0.1, -0.05) is 0 Å². The van der Waals surface area contributed by atoms with E-state index in [4.69, 9.17) is 5.11 Å². The fourth-order valence-electron chi connectivity index (χ4n) is 3.64. The van der Waals surface area contributed by atoms with Crippen LogP contribution in [0, 0.1) is 17.8 Å². The smallest absolute Gasteiger partial charge is 0.307 e. The number of hydrogen-bond donors (Lipinski definition) is 1. The van der Waals surface area contributed by atoms with E-state index in [0.29, 0.717) is 0 Å². The quantitative estimate of drug-likeness (QED) is 0.750. The number of aliphatic carboxylic acids is 1. The molecule has 3 heteroatoms. The Bertz CT molecular complexity index is 279. The lowest BCUT2D eigenvalue weighted by Gasteiger charge is -2.36. The van der Waals surface area contributed by atoms with Gasteiger partial charge < -0.3 is 5.11 Å². The maximum Gasteiger partial charge on any atom is 0.307 e. The van der Waals surface area contributed by atoms with Crippen LogP contribution in [0.4, 0.5) is 0 Å². The summed E-state index contributed by atoms with van der Waals surface area (Å²) in [5.41, 5.74) is 0. The van der Waals surface area contributed by atoms with Crippen LogP contribution in [-0.2, 0) is 4.79 Å². The van der Waals surface area contributed by atoms with E-state index in [2.05, 4.69) is 4.90 Å². The first-order chi connectivity index (χ1) is 7.25. The van der Waals surface area contributed by atoms with Gasteiger partial charge in [0.05, 0.1) is 5.92 Å². The van der Waals surface area contributed by atoms with Crippen LogP contribution in [0.3, 0.4) is 0 Å². The molecule has 1 aliphatic heterocycles. The minimum atomic E-state index is -0.593. The number of nitrogens with zero attached hydrogens (tertiary/aromatic N) is 1. The van der Waals surface area contributed by atoms with Crippen molar-refractivity contribution >= 4 is 5.97 Å². The second-order valence-corrected chi connectivity index (χ2v) is 5.48. The minimum Gasteiger partial charge on any atom is -0.481 e. The second-order valence-electron chi connectivity index (χ2n) is 5.48. The molecule has 0 aromatic heterocycles. The van der Waals surface area contributed by atoms with E-state index in [9.17, 15) is 4.79 Å². The van der Waals surface area contributed by atoms with E-state index < -0.39 is 5.97 Å². The Morgan fingerprint density at radius 2 is 2.13 bits per heavy atom. The number of piperidine rings is 1. The summed E-state index contributed by atoms with van der Waals surface area (Å²) in [6.45, 7) is 1.95. The molecule has 2 saturated carbocycles. The molecule has 3 aliphatic rings. The monoisotopic (exact) mass is 209 g/mol. The first-order valence-corrected chi connectivity index (χ1v) is 6.22. The van der Waals surface area contributed by atoms with E-state index >= 15 is 0 Å². The molecule has 0 aromatic rings. The molecule has 15 heavy (non-hydrogen) atoms. The third-order valence-corrected chi connectivity index (χ3v) is 4.58. The molecule has 4 atom stereocenters. The highest BCUT2D eigenvalue weighted by molar-refractivity contribution is 5.70. The summed E-state index contributed by atoms with van der Waals surface area (Å²) in [5, 5.41) is 9.05. The van der Waals surface area contributed by atoms with Crippen molar-refractivity contribution in [2.75, 3.05) is 13.1 Å². The topological polar surface area (TPSA) is 40.5 Å². The van der Waals surface area contributed by atoms with Crippen LogP contribution in [0.2, 0.25) is 0 Å². The summed E-state index contributed by atoms with van der Waals surface area (Å²) in [6, 6.07) is 0.733. The fourth-order valence-corrected chi connectivity index (χ4v) is 3.64. The van der Waals surface area contributed by atoms with Crippen molar-refractivity contribution in [1.82, 2.24) is 4.90 Å². The number of carboxylic acid groups (broad SMARTS) is 1. The molecule has 0 bridgehead atoms. The Balaban J connectivity index is 1.63. The van der Waals surface area contributed by atoms with Crippen LogP contribution in [-0.4, -0.2) is 35.1 Å². The Morgan fingerprint density at radius 3 is 2.73 bits per heavy atom. The van der Waals surface area contributed by atoms with Crippen LogP contribution < -0.4 is 0 Å². The largest absolute Gasteiger partial charge is 0.481 e. The number of fused-ring (bicyclic) bond motifs is 1. The lowest BCUT2D eigenvalue weighted by atomic mass is 9.96. The van der Waals surface area contributed by atoms with E-state index in [0.717, 1.165) is 43.8 Å². The van der Waals surface area contributed by atoms with Gasteiger partial charge in [0.25, 0.3) is 0 Å². The summed E-state index contributed by atoms with van der Waals surface area (Å²) in [6.07, 6.45) is 6.08. The molecule has 1 saturated heterocycles. The third kappa shape index (κ3) is 1.67. The normalized spacial score (nSPS) is 45.1. The van der Waals surface area contributed by atoms with Crippen molar-refractivity contribution in [3.63, 3.8) is 0 Å². The molecule has 4 unspecified atom stereocenters. The predicted molar refractivity (Wildman–Crippen MR) is 56.6 cm³/mol. The SMILES string of the molecule is O=C(O)C1CCCN(C2CCC3CC32)C1. The van der Waals surface area contributed by atoms with Crippen molar-refractivity contribution in [1.29, 1.82) is 0 Å². The van der Waals surface area contributed by atoms with Gasteiger partial charge >= 0.3 is 5.97 Å². The Hall–Kier alpha value is -0.570. The van der Waals surface area contributed by atoms with Crippen molar-refractivity contribution in [3.8, 4) is 0 Å². The molecule has 84 valence electrons. The van der Waals surface area contributed by atoms with Crippen molar-refractivity contribution in [2.24, 2.45) is 17.8 Å². The van der Waals surface area contributed by atoms with Gasteiger partial charge in [0.2, 0.25) is 0 Å². The van der Waals surface area contributed by atoms with Gasteiger partial charge in [0, 0.05) is 12.6 Å². The van der Waals surface area contributed by atoms with Crippen LogP contribution in [0.1, 0.15) is 32.1 Å². The second kappa shape index (κ2) is 3.48. The predicted octanol–water partition coefficient (Wildman–Crippen LogP) is 1.58. The van der Waals surface area contributed by atoms with Crippen LogP contribution in [0.5, 0.6) is 0 Å². The van der Waals surface area contributed by atoms with E-state index in [1.165, 1.54) is 19.3 Å². The zero-order valence-corrected chi connectivity index (χ0v) is 9.06. The summed E-state index contributed by atoms with van der Waals surface area (Å²) in [5.74, 6) is 1.24. The van der Waals surface area contributed by atoms with Gasteiger partial charge in [-0.3, -0.25) is 9.69 Å². The Labute approximate surface area is 90.5 Å². The average molecular weight is 209 g/mol. The van der Waals surface area contributed by atoms with Gasteiger partial charge in [-0.25, -0.2) is 0 Å². The Kier molecular flexibility index (Phi) is 2.23. The summed E-state index contributed by atoms with van der Waals surface area (Å²) in [7, 11) is 0. The number of carbonyl (C=O) groups is 1. The molecule has 3 rings (SSSR count). The summed E-state index contributed by atoms with van der Waals surface area (Å²) >= 11 is 0. The summed E-state index contributed by atoms with van der Waals surface area (Å²) < 4.78 is 0. The molecule has 0 spiro atoms.